The number of benzene rings is 1. The van der Waals surface area contributed by atoms with Gasteiger partial charge in [0.05, 0.1) is 12.8 Å². The average molecular weight is 206 g/mol. The largest absolute Gasteiger partial charge is 0.495 e. The van der Waals surface area contributed by atoms with Crippen molar-refractivity contribution in [2.75, 3.05) is 31.6 Å². The molecule has 0 aromatic heterocycles. The quantitative estimate of drug-likeness (QED) is 0.814. The second-order valence-electron chi connectivity index (χ2n) is 4.01. The summed E-state index contributed by atoms with van der Waals surface area (Å²) in [5, 5.41) is 0. The third-order valence-corrected chi connectivity index (χ3v) is 3.05. The summed E-state index contributed by atoms with van der Waals surface area (Å²) in [5.41, 5.74) is 6.88. The number of ether oxygens (including phenoxy) is 1. The number of nitrogens with zero attached hydrogens (tertiary/aromatic N) is 1. The first-order valence-corrected chi connectivity index (χ1v) is 5.43. The van der Waals surface area contributed by atoms with E-state index >= 15 is 0 Å². The Hall–Kier alpha value is -1.22. The highest BCUT2D eigenvalue weighted by atomic mass is 16.5. The molecule has 2 rings (SSSR count). The van der Waals surface area contributed by atoms with E-state index in [4.69, 9.17) is 10.5 Å². The van der Waals surface area contributed by atoms with Gasteiger partial charge in [0, 0.05) is 13.1 Å². The molecule has 82 valence electrons. The summed E-state index contributed by atoms with van der Waals surface area (Å²) in [6, 6.07) is 8.16. The Labute approximate surface area is 90.8 Å². The Balaban J connectivity index is 2.16. The highest BCUT2D eigenvalue weighted by molar-refractivity contribution is 5.58. The summed E-state index contributed by atoms with van der Waals surface area (Å²) < 4.78 is 5.35. The molecule has 1 atom stereocenters. The van der Waals surface area contributed by atoms with Crippen LogP contribution in [0.15, 0.2) is 24.3 Å². The lowest BCUT2D eigenvalue weighted by Crippen LogP contribution is -2.22. The molecule has 1 heterocycles. The first-order valence-electron chi connectivity index (χ1n) is 5.43. The maximum Gasteiger partial charge on any atom is 0.142 e. The Morgan fingerprint density at radius 1 is 1.47 bits per heavy atom. The highest BCUT2D eigenvalue weighted by Crippen LogP contribution is 2.31. The molecular formula is C12H18N2O. The van der Waals surface area contributed by atoms with Crippen molar-refractivity contribution >= 4 is 5.69 Å². The predicted molar refractivity (Wildman–Crippen MR) is 62.4 cm³/mol. The number of nitrogens with two attached hydrogens (primary N) is 1. The van der Waals surface area contributed by atoms with Gasteiger partial charge in [-0.3, -0.25) is 0 Å². The summed E-state index contributed by atoms with van der Waals surface area (Å²) in [7, 11) is 1.72. The molecule has 1 fully saturated rings. The smallest absolute Gasteiger partial charge is 0.142 e. The van der Waals surface area contributed by atoms with E-state index in [2.05, 4.69) is 11.0 Å². The molecule has 1 aromatic carbocycles. The third kappa shape index (κ3) is 2.07. The standard InChI is InChI=1S/C12H18N2O/c1-15-12-5-3-2-4-11(12)14-7-6-10(8-13)9-14/h2-5,10H,6-9,13H2,1H3/t10-/m1/s1. The zero-order chi connectivity index (χ0) is 10.7. The molecule has 2 N–H and O–H groups in total. The van der Waals surface area contributed by atoms with Gasteiger partial charge in [-0.2, -0.15) is 0 Å². The van der Waals surface area contributed by atoms with Crippen molar-refractivity contribution in [1.82, 2.24) is 0 Å². The van der Waals surface area contributed by atoms with Crippen molar-refractivity contribution < 1.29 is 4.74 Å². The van der Waals surface area contributed by atoms with E-state index < -0.39 is 0 Å². The number of rotatable bonds is 3. The highest BCUT2D eigenvalue weighted by Gasteiger charge is 2.23. The maximum absolute atomic E-state index is 5.69. The van der Waals surface area contributed by atoms with Crippen LogP contribution in [0.2, 0.25) is 0 Å². The molecule has 1 aromatic rings. The van der Waals surface area contributed by atoms with Gasteiger partial charge in [-0.15, -0.1) is 0 Å². The minimum atomic E-state index is 0.634. The third-order valence-electron chi connectivity index (χ3n) is 3.05. The van der Waals surface area contributed by atoms with Gasteiger partial charge in [-0.05, 0) is 31.0 Å². The lowest BCUT2D eigenvalue weighted by atomic mass is 10.1. The predicted octanol–water partition coefficient (Wildman–Crippen LogP) is 1.48. The van der Waals surface area contributed by atoms with Gasteiger partial charge >= 0.3 is 0 Å². The van der Waals surface area contributed by atoms with Gasteiger partial charge in [0.2, 0.25) is 0 Å². The zero-order valence-corrected chi connectivity index (χ0v) is 9.15. The fourth-order valence-corrected chi connectivity index (χ4v) is 2.13. The minimum Gasteiger partial charge on any atom is -0.495 e. The van der Waals surface area contributed by atoms with Gasteiger partial charge in [0.25, 0.3) is 0 Å². The van der Waals surface area contributed by atoms with E-state index in [-0.39, 0.29) is 0 Å². The summed E-state index contributed by atoms with van der Waals surface area (Å²) in [6.45, 7) is 2.92. The second-order valence-corrected chi connectivity index (χ2v) is 4.01. The lowest BCUT2D eigenvalue weighted by molar-refractivity contribution is 0.414. The van der Waals surface area contributed by atoms with Crippen molar-refractivity contribution in [1.29, 1.82) is 0 Å². The van der Waals surface area contributed by atoms with E-state index in [1.54, 1.807) is 7.11 Å². The summed E-state index contributed by atoms with van der Waals surface area (Å²) in [6.07, 6.45) is 1.19. The number of methoxy groups -OCH3 is 1. The zero-order valence-electron chi connectivity index (χ0n) is 9.15. The SMILES string of the molecule is COc1ccccc1N1CC[C@H](CN)C1. The average Bonchev–Trinajstić information content (AvgIpc) is 2.77. The first-order chi connectivity index (χ1) is 7.35. The normalized spacial score (nSPS) is 20.7. The van der Waals surface area contributed by atoms with Crippen molar-refractivity contribution in [2.45, 2.75) is 6.42 Å². The van der Waals surface area contributed by atoms with Crippen LogP contribution in [0.4, 0.5) is 5.69 Å². The van der Waals surface area contributed by atoms with Crippen LogP contribution in [0.3, 0.4) is 0 Å². The van der Waals surface area contributed by atoms with E-state index in [1.807, 2.05) is 18.2 Å². The van der Waals surface area contributed by atoms with Crippen LogP contribution >= 0.6 is 0 Å². The molecule has 15 heavy (non-hydrogen) atoms. The Kier molecular flexibility index (Phi) is 3.11. The fourth-order valence-electron chi connectivity index (χ4n) is 2.13. The monoisotopic (exact) mass is 206 g/mol. The summed E-state index contributed by atoms with van der Waals surface area (Å²) in [5.74, 6) is 1.59. The molecule has 0 radical (unpaired) electrons. The Morgan fingerprint density at radius 2 is 2.27 bits per heavy atom. The molecule has 1 aliphatic heterocycles. The molecule has 1 aliphatic rings. The van der Waals surface area contributed by atoms with Crippen molar-refractivity contribution in [2.24, 2.45) is 11.7 Å². The van der Waals surface area contributed by atoms with Gasteiger partial charge < -0.3 is 15.4 Å². The van der Waals surface area contributed by atoms with Crippen LogP contribution in [0.1, 0.15) is 6.42 Å². The van der Waals surface area contributed by atoms with E-state index in [0.29, 0.717) is 5.92 Å². The molecular weight excluding hydrogens is 188 g/mol. The van der Waals surface area contributed by atoms with Gasteiger partial charge in [0.15, 0.2) is 0 Å². The number of anilines is 1. The number of para-hydroxylation sites is 2. The molecule has 0 bridgehead atoms. The first kappa shape index (κ1) is 10.3. The van der Waals surface area contributed by atoms with Gasteiger partial charge in [-0.25, -0.2) is 0 Å². The van der Waals surface area contributed by atoms with Gasteiger partial charge in [-0.1, -0.05) is 12.1 Å². The second kappa shape index (κ2) is 4.53. The van der Waals surface area contributed by atoms with E-state index in [1.165, 1.54) is 12.1 Å². The van der Waals surface area contributed by atoms with Gasteiger partial charge in [0.1, 0.15) is 5.75 Å². The van der Waals surface area contributed by atoms with Crippen LogP contribution in [0.25, 0.3) is 0 Å². The van der Waals surface area contributed by atoms with Crippen molar-refractivity contribution in [3.05, 3.63) is 24.3 Å². The van der Waals surface area contributed by atoms with Crippen molar-refractivity contribution in [3.8, 4) is 5.75 Å². The van der Waals surface area contributed by atoms with Crippen LogP contribution < -0.4 is 15.4 Å². The molecule has 3 nitrogen and oxygen atoms in total. The lowest BCUT2D eigenvalue weighted by Gasteiger charge is -2.20. The van der Waals surface area contributed by atoms with Crippen molar-refractivity contribution in [3.63, 3.8) is 0 Å². The molecule has 0 saturated carbocycles. The van der Waals surface area contributed by atoms with Crippen LogP contribution in [0.5, 0.6) is 5.75 Å². The molecule has 3 heteroatoms. The molecule has 0 aliphatic carbocycles. The van der Waals surface area contributed by atoms with Crippen LogP contribution in [0, 0.1) is 5.92 Å². The van der Waals surface area contributed by atoms with E-state index in [9.17, 15) is 0 Å². The fraction of sp³-hybridized carbons (Fsp3) is 0.500. The molecule has 0 spiro atoms. The van der Waals surface area contributed by atoms with Crippen LogP contribution in [-0.2, 0) is 0 Å². The number of hydrogen-bond donors (Lipinski definition) is 1. The molecule has 0 amide bonds. The molecule has 0 unspecified atom stereocenters. The summed E-state index contributed by atoms with van der Waals surface area (Å²) in [4.78, 5) is 2.36. The van der Waals surface area contributed by atoms with E-state index in [0.717, 1.165) is 25.4 Å². The number of hydrogen-bond acceptors (Lipinski definition) is 3. The Bertz CT molecular complexity index is 327. The summed E-state index contributed by atoms with van der Waals surface area (Å²) >= 11 is 0. The maximum atomic E-state index is 5.69. The minimum absolute atomic E-state index is 0.634. The van der Waals surface area contributed by atoms with Crippen LogP contribution in [-0.4, -0.2) is 26.7 Å². The topological polar surface area (TPSA) is 38.5 Å². The Morgan fingerprint density at radius 3 is 2.93 bits per heavy atom. The molecule has 1 saturated heterocycles.